The average Bonchev–Trinajstić information content (AvgIpc) is 3.21. The number of methoxy groups -OCH3 is 1. The van der Waals surface area contributed by atoms with E-state index in [1.165, 1.54) is 24.3 Å². The lowest BCUT2D eigenvalue weighted by molar-refractivity contribution is 0.0952. The lowest BCUT2D eigenvalue weighted by atomic mass is 10.1. The zero-order valence-corrected chi connectivity index (χ0v) is 16.9. The van der Waals surface area contributed by atoms with Gasteiger partial charge in [0.1, 0.15) is 6.26 Å². The number of carbonyl (C=O) groups excluding carboxylic acids is 2. The summed E-state index contributed by atoms with van der Waals surface area (Å²) in [5.74, 6) is -0.315. The topological polar surface area (TPSA) is 71.8 Å². The zero-order chi connectivity index (χ0) is 20.4. The van der Waals surface area contributed by atoms with Gasteiger partial charge in [-0.3, -0.25) is 9.59 Å². The van der Waals surface area contributed by atoms with E-state index in [1.54, 1.807) is 24.1 Å². The normalized spacial score (nSPS) is 14.0. The van der Waals surface area contributed by atoms with Crippen LogP contribution in [0.25, 0.3) is 0 Å². The molecule has 29 heavy (non-hydrogen) atoms. The quantitative estimate of drug-likeness (QED) is 0.664. The van der Waals surface area contributed by atoms with E-state index in [0.717, 1.165) is 15.5 Å². The van der Waals surface area contributed by atoms with Crippen molar-refractivity contribution in [1.82, 2.24) is 0 Å². The first kappa shape index (κ1) is 19.3. The highest BCUT2D eigenvalue weighted by Gasteiger charge is 2.30. The minimum Gasteiger partial charge on any atom is -0.472 e. The summed E-state index contributed by atoms with van der Waals surface area (Å²) in [6.45, 7) is 2.37. The van der Waals surface area contributed by atoms with E-state index in [0.29, 0.717) is 23.4 Å². The number of hydrogen-bond donors (Lipinski definition) is 1. The van der Waals surface area contributed by atoms with Gasteiger partial charge in [-0.2, -0.15) is 0 Å². The maximum absolute atomic E-state index is 13.3. The number of rotatable bonds is 5. The van der Waals surface area contributed by atoms with Crippen molar-refractivity contribution in [2.24, 2.45) is 0 Å². The Labute approximate surface area is 172 Å². The Bertz CT molecular complexity index is 1050. The number of nitrogens with one attached hydrogen (secondary N) is 1. The summed E-state index contributed by atoms with van der Waals surface area (Å²) in [4.78, 5) is 29.2. The maximum atomic E-state index is 13.3. The second-order valence-electron chi connectivity index (χ2n) is 6.73. The van der Waals surface area contributed by atoms with Crippen LogP contribution in [0.1, 0.15) is 27.6 Å². The van der Waals surface area contributed by atoms with Crippen LogP contribution >= 0.6 is 11.8 Å². The Balaban J connectivity index is 1.74. The van der Waals surface area contributed by atoms with Gasteiger partial charge in [-0.25, -0.2) is 0 Å². The van der Waals surface area contributed by atoms with E-state index in [-0.39, 0.29) is 17.9 Å². The molecule has 0 bridgehead atoms. The molecule has 2 heterocycles. The summed E-state index contributed by atoms with van der Waals surface area (Å²) in [7, 11) is 1.62. The monoisotopic (exact) mass is 408 g/mol. The molecular weight excluding hydrogens is 388 g/mol. The molecule has 1 unspecified atom stereocenters. The molecule has 3 aromatic rings. The van der Waals surface area contributed by atoms with Crippen LogP contribution in [0.3, 0.4) is 0 Å². The van der Waals surface area contributed by atoms with Crippen LogP contribution in [0.2, 0.25) is 0 Å². The van der Waals surface area contributed by atoms with Gasteiger partial charge in [-0.15, -0.1) is 0 Å². The van der Waals surface area contributed by atoms with Gasteiger partial charge in [0.05, 0.1) is 35.7 Å². The van der Waals surface area contributed by atoms with Crippen LogP contribution in [0.5, 0.6) is 0 Å². The molecule has 7 heteroatoms. The van der Waals surface area contributed by atoms with Crippen molar-refractivity contribution in [3.63, 3.8) is 0 Å². The number of furan rings is 1. The van der Waals surface area contributed by atoms with Crippen molar-refractivity contribution in [2.75, 3.05) is 23.9 Å². The third-order valence-electron chi connectivity index (χ3n) is 4.67. The van der Waals surface area contributed by atoms with Gasteiger partial charge < -0.3 is 19.4 Å². The first-order valence-corrected chi connectivity index (χ1v) is 9.97. The minimum absolute atomic E-state index is 0.0633. The van der Waals surface area contributed by atoms with Gasteiger partial charge in [0.25, 0.3) is 11.8 Å². The molecule has 1 aliphatic heterocycles. The Morgan fingerprint density at radius 3 is 2.79 bits per heavy atom. The standard InChI is InChI=1S/C22H20N2O4S/c1-14(12-27-2)24-18-8-7-16(23-21(25)15-9-10-28-13-15)11-20(18)29-19-6-4-3-5-17(19)22(24)26/h3-11,13-14H,12H2,1-2H3,(H,23,25). The molecule has 1 atom stereocenters. The van der Waals surface area contributed by atoms with E-state index < -0.39 is 0 Å². The first-order valence-electron chi connectivity index (χ1n) is 9.15. The van der Waals surface area contributed by atoms with Crippen LogP contribution in [0.15, 0.2) is 75.3 Å². The summed E-state index contributed by atoms with van der Waals surface area (Å²) in [6, 6.07) is 14.6. The van der Waals surface area contributed by atoms with E-state index >= 15 is 0 Å². The van der Waals surface area contributed by atoms with Crippen LogP contribution in [-0.4, -0.2) is 31.6 Å². The number of hydrogen-bond acceptors (Lipinski definition) is 5. The van der Waals surface area contributed by atoms with Gasteiger partial charge in [-0.1, -0.05) is 23.9 Å². The number of carbonyl (C=O) groups is 2. The fourth-order valence-electron chi connectivity index (χ4n) is 3.31. The Morgan fingerprint density at radius 1 is 1.21 bits per heavy atom. The molecule has 2 aromatic carbocycles. The maximum Gasteiger partial charge on any atom is 0.259 e. The van der Waals surface area contributed by atoms with E-state index in [4.69, 9.17) is 9.15 Å². The second-order valence-corrected chi connectivity index (χ2v) is 7.81. The first-order chi connectivity index (χ1) is 14.1. The van der Waals surface area contributed by atoms with Crippen molar-refractivity contribution in [3.8, 4) is 0 Å². The van der Waals surface area contributed by atoms with Crippen LogP contribution < -0.4 is 10.2 Å². The molecule has 1 N–H and O–H groups in total. The molecule has 1 aliphatic rings. The van der Waals surface area contributed by atoms with Crippen LogP contribution in [-0.2, 0) is 4.74 Å². The molecule has 148 valence electrons. The third kappa shape index (κ3) is 3.79. The second kappa shape index (κ2) is 8.14. The minimum atomic E-state index is -0.251. The highest BCUT2D eigenvalue weighted by molar-refractivity contribution is 7.99. The molecule has 4 rings (SSSR count). The molecule has 0 fully saturated rings. The van der Waals surface area contributed by atoms with E-state index in [9.17, 15) is 9.59 Å². The zero-order valence-electron chi connectivity index (χ0n) is 16.0. The summed E-state index contributed by atoms with van der Waals surface area (Å²) in [6.07, 6.45) is 2.86. The fraction of sp³-hybridized carbons (Fsp3) is 0.182. The van der Waals surface area contributed by atoms with Crippen molar-refractivity contribution >= 4 is 35.0 Å². The number of amides is 2. The Morgan fingerprint density at radius 2 is 2.03 bits per heavy atom. The Hall–Kier alpha value is -3.03. The van der Waals surface area contributed by atoms with Gasteiger partial charge in [0, 0.05) is 22.6 Å². The van der Waals surface area contributed by atoms with Crippen molar-refractivity contribution in [1.29, 1.82) is 0 Å². The number of anilines is 2. The molecule has 0 radical (unpaired) electrons. The van der Waals surface area contributed by atoms with Crippen molar-refractivity contribution in [2.45, 2.75) is 22.8 Å². The SMILES string of the molecule is COCC(C)N1C(=O)c2ccccc2Sc2cc(NC(=O)c3ccoc3)ccc21. The predicted octanol–water partition coefficient (Wildman–Crippen LogP) is 4.68. The lowest BCUT2D eigenvalue weighted by Gasteiger charge is -2.29. The summed E-state index contributed by atoms with van der Waals surface area (Å²) < 4.78 is 10.3. The molecule has 1 aromatic heterocycles. The van der Waals surface area contributed by atoms with Gasteiger partial charge in [-0.05, 0) is 43.3 Å². The molecule has 0 saturated heterocycles. The number of benzene rings is 2. The molecule has 6 nitrogen and oxygen atoms in total. The smallest absolute Gasteiger partial charge is 0.259 e. The summed E-state index contributed by atoms with van der Waals surface area (Å²) in [5.41, 5.74) is 2.54. The molecule has 2 amide bonds. The number of fused-ring (bicyclic) bond motifs is 2. The number of nitrogens with zero attached hydrogens (tertiary/aromatic N) is 1. The van der Waals surface area contributed by atoms with Crippen LogP contribution in [0.4, 0.5) is 11.4 Å². The largest absolute Gasteiger partial charge is 0.472 e. The molecule has 0 spiro atoms. The van der Waals surface area contributed by atoms with Crippen molar-refractivity contribution in [3.05, 3.63) is 72.2 Å². The summed E-state index contributed by atoms with van der Waals surface area (Å²) >= 11 is 1.51. The number of ether oxygens (including phenoxy) is 1. The predicted molar refractivity (Wildman–Crippen MR) is 112 cm³/mol. The van der Waals surface area contributed by atoms with E-state index in [2.05, 4.69) is 5.32 Å². The van der Waals surface area contributed by atoms with Gasteiger partial charge in [0.15, 0.2) is 0 Å². The van der Waals surface area contributed by atoms with Crippen LogP contribution in [0, 0.1) is 0 Å². The van der Waals surface area contributed by atoms with Gasteiger partial charge >= 0.3 is 0 Å². The Kier molecular flexibility index (Phi) is 5.42. The highest BCUT2D eigenvalue weighted by Crippen LogP contribution is 2.43. The van der Waals surface area contributed by atoms with Crippen molar-refractivity contribution < 1.29 is 18.7 Å². The average molecular weight is 408 g/mol. The molecular formula is C22H20N2O4S. The molecule has 0 saturated carbocycles. The summed E-state index contributed by atoms with van der Waals surface area (Å²) in [5, 5.41) is 2.88. The van der Waals surface area contributed by atoms with E-state index in [1.807, 2.05) is 43.3 Å². The highest BCUT2D eigenvalue weighted by atomic mass is 32.2. The third-order valence-corrected chi connectivity index (χ3v) is 5.79. The molecule has 0 aliphatic carbocycles. The van der Waals surface area contributed by atoms with Gasteiger partial charge in [0.2, 0.25) is 0 Å². The fourth-order valence-corrected chi connectivity index (χ4v) is 4.42. The lowest BCUT2D eigenvalue weighted by Crippen LogP contribution is -2.41.